The molecule has 1 aromatic rings. The van der Waals surface area contributed by atoms with E-state index < -0.39 is 0 Å². The smallest absolute Gasteiger partial charge is 0.122 e. The minimum Gasteiger partial charge on any atom is -0.508 e. The van der Waals surface area contributed by atoms with Crippen LogP contribution in [0.15, 0.2) is 18.2 Å². The van der Waals surface area contributed by atoms with Crippen molar-refractivity contribution in [3.05, 3.63) is 23.8 Å². The summed E-state index contributed by atoms with van der Waals surface area (Å²) in [6.45, 7) is 7.26. The van der Waals surface area contributed by atoms with Gasteiger partial charge in [-0.3, -0.25) is 0 Å². The number of phenols is 1. The van der Waals surface area contributed by atoms with Crippen LogP contribution in [0, 0.1) is 0 Å². The summed E-state index contributed by atoms with van der Waals surface area (Å²) in [5.41, 5.74) is 2.15. The van der Waals surface area contributed by atoms with E-state index in [0.717, 1.165) is 37.3 Å². The average Bonchev–Trinajstić information content (AvgIpc) is 2.84. The number of nitrogens with zero attached hydrogens (tertiary/aromatic N) is 1. The quantitative estimate of drug-likeness (QED) is 0.840. The van der Waals surface area contributed by atoms with Gasteiger partial charge < -0.3 is 15.3 Å². The molecule has 0 aliphatic carbocycles. The lowest BCUT2D eigenvalue weighted by Gasteiger charge is -2.22. The van der Waals surface area contributed by atoms with E-state index in [0.29, 0.717) is 11.8 Å². The van der Waals surface area contributed by atoms with E-state index in [9.17, 15) is 5.11 Å². The molecule has 1 aliphatic heterocycles. The topological polar surface area (TPSA) is 35.5 Å². The summed E-state index contributed by atoms with van der Waals surface area (Å²) >= 11 is 0. The highest BCUT2D eigenvalue weighted by Crippen LogP contribution is 2.33. The molecule has 1 fully saturated rings. The predicted molar refractivity (Wildman–Crippen MR) is 71.6 cm³/mol. The average molecular weight is 234 g/mol. The zero-order valence-corrected chi connectivity index (χ0v) is 10.7. The number of benzene rings is 1. The number of hydrogen-bond donors (Lipinski definition) is 2. The first kappa shape index (κ1) is 12.2. The maximum Gasteiger partial charge on any atom is 0.122 e. The molecule has 3 nitrogen and oxygen atoms in total. The molecular formula is C14H22N2O. The highest BCUT2D eigenvalue weighted by Gasteiger charge is 2.19. The van der Waals surface area contributed by atoms with Gasteiger partial charge in [-0.25, -0.2) is 0 Å². The lowest BCUT2D eigenvalue weighted by atomic mass is 10.0. The Morgan fingerprint density at radius 3 is 2.65 bits per heavy atom. The molecule has 1 atom stereocenters. The van der Waals surface area contributed by atoms with Gasteiger partial charge in [0.15, 0.2) is 0 Å². The van der Waals surface area contributed by atoms with E-state index >= 15 is 0 Å². The van der Waals surface area contributed by atoms with Crippen molar-refractivity contribution in [2.75, 3.05) is 24.5 Å². The third-order valence-electron chi connectivity index (χ3n) is 3.58. The van der Waals surface area contributed by atoms with Crippen molar-refractivity contribution in [3.63, 3.8) is 0 Å². The van der Waals surface area contributed by atoms with Gasteiger partial charge in [-0.2, -0.15) is 0 Å². The molecule has 94 valence electrons. The molecule has 17 heavy (non-hydrogen) atoms. The lowest BCUT2D eigenvalue weighted by Crippen LogP contribution is -2.22. The van der Waals surface area contributed by atoms with Crippen LogP contribution in [0.1, 0.15) is 38.3 Å². The Morgan fingerprint density at radius 2 is 2.12 bits per heavy atom. The molecule has 0 amide bonds. The van der Waals surface area contributed by atoms with Crippen LogP contribution in [0.3, 0.4) is 0 Å². The molecule has 1 heterocycles. The SMILES string of the molecule is CCN(CC)c1ccc(C2CCCN2)c(O)c1. The van der Waals surface area contributed by atoms with E-state index in [-0.39, 0.29) is 0 Å². The Bertz CT molecular complexity index is 368. The fourth-order valence-corrected chi connectivity index (χ4v) is 2.56. The van der Waals surface area contributed by atoms with Crippen LogP contribution >= 0.6 is 0 Å². The summed E-state index contributed by atoms with van der Waals surface area (Å²) in [7, 11) is 0. The molecule has 2 rings (SSSR count). The van der Waals surface area contributed by atoms with E-state index in [1.165, 1.54) is 6.42 Å². The molecule has 1 aromatic carbocycles. The highest BCUT2D eigenvalue weighted by atomic mass is 16.3. The zero-order chi connectivity index (χ0) is 12.3. The van der Waals surface area contributed by atoms with E-state index in [4.69, 9.17) is 0 Å². The molecule has 1 saturated heterocycles. The fourth-order valence-electron chi connectivity index (χ4n) is 2.56. The van der Waals surface area contributed by atoms with Crippen LogP contribution in [0.4, 0.5) is 5.69 Å². The van der Waals surface area contributed by atoms with Gasteiger partial charge in [0.2, 0.25) is 0 Å². The first-order valence-corrected chi connectivity index (χ1v) is 6.57. The van der Waals surface area contributed by atoms with Crippen molar-refractivity contribution in [3.8, 4) is 5.75 Å². The first-order chi connectivity index (χ1) is 8.26. The summed E-state index contributed by atoms with van der Waals surface area (Å²) in [4.78, 5) is 2.24. The van der Waals surface area contributed by atoms with Crippen molar-refractivity contribution in [2.45, 2.75) is 32.7 Å². The molecule has 3 heteroatoms. The van der Waals surface area contributed by atoms with Gasteiger partial charge in [-0.1, -0.05) is 6.07 Å². The van der Waals surface area contributed by atoms with Gasteiger partial charge in [-0.05, 0) is 39.3 Å². The van der Waals surface area contributed by atoms with Crippen LogP contribution < -0.4 is 10.2 Å². The summed E-state index contributed by atoms with van der Waals surface area (Å²) in [6.07, 6.45) is 2.32. The van der Waals surface area contributed by atoms with E-state index in [2.05, 4.69) is 36.2 Å². The maximum atomic E-state index is 10.1. The largest absolute Gasteiger partial charge is 0.508 e. The van der Waals surface area contributed by atoms with Crippen LogP contribution in [-0.2, 0) is 0 Å². The minimum atomic E-state index is 0.334. The van der Waals surface area contributed by atoms with Crippen LogP contribution in [0.2, 0.25) is 0 Å². The van der Waals surface area contributed by atoms with Crippen molar-refractivity contribution in [1.82, 2.24) is 5.32 Å². The highest BCUT2D eigenvalue weighted by molar-refractivity contribution is 5.54. The number of hydrogen-bond acceptors (Lipinski definition) is 3. The maximum absolute atomic E-state index is 10.1. The van der Waals surface area contributed by atoms with Crippen molar-refractivity contribution in [1.29, 1.82) is 0 Å². The van der Waals surface area contributed by atoms with Gasteiger partial charge in [0.1, 0.15) is 5.75 Å². The Morgan fingerprint density at radius 1 is 1.35 bits per heavy atom. The molecule has 0 radical (unpaired) electrons. The number of anilines is 1. The number of aromatic hydroxyl groups is 1. The van der Waals surface area contributed by atoms with Gasteiger partial charge in [-0.15, -0.1) is 0 Å². The third-order valence-corrected chi connectivity index (χ3v) is 3.58. The molecule has 1 aliphatic rings. The van der Waals surface area contributed by atoms with Gasteiger partial charge in [0.25, 0.3) is 0 Å². The summed E-state index contributed by atoms with van der Waals surface area (Å²) < 4.78 is 0. The molecule has 0 spiro atoms. The van der Waals surface area contributed by atoms with Gasteiger partial charge in [0.05, 0.1) is 0 Å². The van der Waals surface area contributed by atoms with Crippen molar-refractivity contribution >= 4 is 5.69 Å². The second-order valence-corrected chi connectivity index (χ2v) is 4.56. The molecule has 2 N–H and O–H groups in total. The molecular weight excluding hydrogens is 212 g/mol. The molecule has 0 saturated carbocycles. The molecule has 1 unspecified atom stereocenters. The Kier molecular flexibility index (Phi) is 3.89. The minimum absolute atomic E-state index is 0.334. The second kappa shape index (κ2) is 5.41. The zero-order valence-electron chi connectivity index (χ0n) is 10.7. The standard InChI is InChI=1S/C14H22N2O/c1-3-16(4-2)11-7-8-12(14(17)10-11)13-6-5-9-15-13/h7-8,10,13,15,17H,3-6,9H2,1-2H3. The summed E-state index contributed by atoms with van der Waals surface area (Å²) in [5, 5.41) is 13.5. The van der Waals surface area contributed by atoms with E-state index in [1.54, 1.807) is 0 Å². The lowest BCUT2D eigenvalue weighted by molar-refractivity contribution is 0.457. The van der Waals surface area contributed by atoms with E-state index in [1.807, 2.05) is 6.07 Å². The Labute approximate surface area is 103 Å². The van der Waals surface area contributed by atoms with Crippen LogP contribution in [-0.4, -0.2) is 24.7 Å². The van der Waals surface area contributed by atoms with Crippen LogP contribution in [0.25, 0.3) is 0 Å². The number of nitrogens with one attached hydrogen (secondary N) is 1. The predicted octanol–water partition coefficient (Wildman–Crippen LogP) is 2.66. The summed E-state index contributed by atoms with van der Waals surface area (Å²) in [6, 6.07) is 6.40. The summed E-state index contributed by atoms with van der Waals surface area (Å²) in [5.74, 6) is 0.425. The second-order valence-electron chi connectivity index (χ2n) is 4.56. The molecule has 0 bridgehead atoms. The number of phenolic OH excluding ortho intramolecular Hbond substituents is 1. The van der Waals surface area contributed by atoms with Gasteiger partial charge in [0, 0.05) is 36.4 Å². The fraction of sp³-hybridized carbons (Fsp3) is 0.571. The Hall–Kier alpha value is -1.22. The normalized spacial score (nSPS) is 19.5. The van der Waals surface area contributed by atoms with Crippen molar-refractivity contribution in [2.24, 2.45) is 0 Å². The van der Waals surface area contributed by atoms with Crippen molar-refractivity contribution < 1.29 is 5.11 Å². The first-order valence-electron chi connectivity index (χ1n) is 6.57. The third kappa shape index (κ3) is 2.55. The number of rotatable bonds is 4. The van der Waals surface area contributed by atoms with Crippen LogP contribution in [0.5, 0.6) is 5.75 Å². The molecule has 0 aromatic heterocycles. The Balaban J connectivity index is 2.21. The monoisotopic (exact) mass is 234 g/mol. The van der Waals surface area contributed by atoms with Gasteiger partial charge >= 0.3 is 0 Å².